The van der Waals surface area contributed by atoms with Crippen molar-refractivity contribution in [1.29, 1.82) is 0 Å². The van der Waals surface area contributed by atoms with Gasteiger partial charge in [0.2, 0.25) is 10.0 Å². The van der Waals surface area contributed by atoms with Crippen LogP contribution in [0.5, 0.6) is 0 Å². The molecular weight excluding hydrogens is 504 g/mol. The number of piperidine rings is 1. The Morgan fingerprint density at radius 1 is 1.14 bits per heavy atom. The van der Waals surface area contributed by atoms with Gasteiger partial charge in [-0.3, -0.25) is 4.79 Å². The standard InChI is InChI=1S/C30H39ClN2O3S/c1-4-6-23-18-27(34)26(30(23,2)3)19-37(35,36)33-15-12-20(13-16-33)28-25-11-10-24(31)17-22(25)9-8-21-7-5-14-32-29(21)28/h5,7,10-11,14,17,23,26,29,32H,4,6,8-9,12-13,15-16,18-19H2,1-3H3. The Morgan fingerprint density at radius 2 is 1.89 bits per heavy atom. The van der Waals surface area contributed by atoms with Gasteiger partial charge < -0.3 is 5.32 Å². The first-order valence-electron chi connectivity index (χ1n) is 13.7. The Kier molecular flexibility index (Phi) is 7.47. The summed E-state index contributed by atoms with van der Waals surface area (Å²) in [5.74, 6) is -0.0887. The zero-order chi connectivity index (χ0) is 26.4. The summed E-state index contributed by atoms with van der Waals surface area (Å²) in [5.41, 5.74) is 6.16. The number of benzene rings is 1. The molecule has 1 aromatic rings. The molecule has 2 aliphatic carbocycles. The van der Waals surface area contributed by atoms with Crippen molar-refractivity contribution in [3.05, 3.63) is 63.8 Å². The summed E-state index contributed by atoms with van der Waals surface area (Å²) in [6.45, 7) is 7.23. The third-order valence-corrected chi connectivity index (χ3v) is 11.4. The second kappa shape index (κ2) is 10.3. The summed E-state index contributed by atoms with van der Waals surface area (Å²) in [7, 11) is -3.53. The van der Waals surface area contributed by atoms with Crippen LogP contribution in [0.15, 0.2) is 47.7 Å². The fraction of sp³-hybridized carbons (Fsp3) is 0.567. The molecule has 1 N–H and O–H groups in total. The highest BCUT2D eigenvalue weighted by molar-refractivity contribution is 7.89. The lowest BCUT2D eigenvalue weighted by Crippen LogP contribution is -2.43. The fourth-order valence-corrected chi connectivity index (χ4v) is 9.16. The topological polar surface area (TPSA) is 66.5 Å². The number of fused-ring (bicyclic) bond motifs is 2. The number of hydrogen-bond acceptors (Lipinski definition) is 4. The van der Waals surface area contributed by atoms with Crippen LogP contribution < -0.4 is 5.32 Å². The number of halogens is 1. The molecule has 3 atom stereocenters. The van der Waals surface area contributed by atoms with Crippen LogP contribution in [0.2, 0.25) is 5.02 Å². The van der Waals surface area contributed by atoms with Gasteiger partial charge in [0, 0.05) is 30.5 Å². The monoisotopic (exact) mass is 542 g/mol. The molecule has 2 heterocycles. The molecule has 7 heteroatoms. The number of carbonyl (C=O) groups excluding carboxylic acids is 1. The van der Waals surface area contributed by atoms with Gasteiger partial charge in [0.15, 0.2) is 0 Å². The van der Waals surface area contributed by atoms with Crippen LogP contribution in [0.4, 0.5) is 0 Å². The normalized spacial score (nSPS) is 27.8. The highest BCUT2D eigenvalue weighted by atomic mass is 35.5. The summed E-state index contributed by atoms with van der Waals surface area (Å²) in [5, 5.41) is 4.32. The number of aryl methyl sites for hydroxylation is 1. The summed E-state index contributed by atoms with van der Waals surface area (Å²) in [4.78, 5) is 12.9. The van der Waals surface area contributed by atoms with Gasteiger partial charge in [-0.25, -0.2) is 12.7 Å². The summed E-state index contributed by atoms with van der Waals surface area (Å²) >= 11 is 6.36. The van der Waals surface area contributed by atoms with Crippen molar-refractivity contribution < 1.29 is 13.2 Å². The van der Waals surface area contributed by atoms with Crippen molar-refractivity contribution in [3.8, 4) is 0 Å². The van der Waals surface area contributed by atoms with E-state index < -0.39 is 15.9 Å². The highest BCUT2D eigenvalue weighted by Crippen LogP contribution is 2.48. The number of dihydropyridines is 1. The molecule has 2 fully saturated rings. The number of rotatable bonds is 5. The molecular formula is C30H39ClN2O3S. The van der Waals surface area contributed by atoms with Crippen molar-refractivity contribution >= 4 is 33.0 Å². The zero-order valence-corrected chi connectivity index (χ0v) is 23.8. The lowest BCUT2D eigenvalue weighted by molar-refractivity contribution is -0.121. The van der Waals surface area contributed by atoms with E-state index in [1.54, 1.807) is 4.31 Å². The summed E-state index contributed by atoms with van der Waals surface area (Å²) < 4.78 is 28.7. The number of ketones is 1. The number of sulfonamides is 1. The SMILES string of the molecule is CCCC1CC(=O)C(CS(=O)(=O)N2CCC(=C3c4ccc(Cl)cc4CCC4=CC=CNC43)CC2)C1(C)C. The van der Waals surface area contributed by atoms with E-state index >= 15 is 0 Å². The van der Waals surface area contributed by atoms with Crippen molar-refractivity contribution in [2.45, 2.75) is 71.8 Å². The van der Waals surface area contributed by atoms with Gasteiger partial charge in [0.05, 0.1) is 11.8 Å². The molecule has 1 saturated heterocycles. The van der Waals surface area contributed by atoms with Crippen molar-refractivity contribution in [3.63, 3.8) is 0 Å². The van der Waals surface area contributed by atoms with Crippen LogP contribution in [0.3, 0.4) is 0 Å². The minimum absolute atomic E-state index is 0.0614. The average Bonchev–Trinajstić information content (AvgIpc) is 2.99. The maximum Gasteiger partial charge on any atom is 0.214 e. The molecule has 3 unspecified atom stereocenters. The van der Waals surface area contributed by atoms with E-state index in [-0.39, 0.29) is 28.9 Å². The predicted molar refractivity (Wildman–Crippen MR) is 151 cm³/mol. The van der Waals surface area contributed by atoms with Gasteiger partial charge in [-0.15, -0.1) is 0 Å². The van der Waals surface area contributed by atoms with Crippen LogP contribution >= 0.6 is 11.6 Å². The molecule has 1 aromatic carbocycles. The molecule has 2 aliphatic heterocycles. The van der Waals surface area contributed by atoms with Gasteiger partial charge in [-0.05, 0) is 90.1 Å². The van der Waals surface area contributed by atoms with Gasteiger partial charge in [0.1, 0.15) is 5.78 Å². The predicted octanol–water partition coefficient (Wildman–Crippen LogP) is 5.91. The molecule has 5 nitrogen and oxygen atoms in total. The van der Waals surface area contributed by atoms with Crippen LogP contribution in [0.1, 0.15) is 70.4 Å². The second-order valence-corrected chi connectivity index (χ2v) is 14.2. The van der Waals surface area contributed by atoms with Crippen molar-refractivity contribution in [2.24, 2.45) is 17.3 Å². The Labute approximate surface area is 227 Å². The maximum atomic E-state index is 13.6. The first kappa shape index (κ1) is 26.7. The van der Waals surface area contributed by atoms with E-state index in [4.69, 9.17) is 11.6 Å². The largest absolute Gasteiger partial charge is 0.380 e. The van der Waals surface area contributed by atoms with E-state index in [0.717, 1.165) is 30.7 Å². The minimum atomic E-state index is -3.53. The molecule has 0 spiro atoms. The number of nitrogens with zero attached hydrogens (tertiary/aromatic N) is 1. The molecule has 0 radical (unpaired) electrons. The van der Waals surface area contributed by atoms with Crippen LogP contribution in [-0.2, 0) is 21.2 Å². The lowest BCUT2D eigenvalue weighted by atomic mass is 9.74. The van der Waals surface area contributed by atoms with Crippen LogP contribution in [0.25, 0.3) is 5.57 Å². The summed E-state index contributed by atoms with van der Waals surface area (Å²) in [6.07, 6.45) is 12.1. The third kappa shape index (κ3) is 5.09. The Hall–Kier alpha value is -1.89. The fourth-order valence-electron chi connectivity index (χ4n) is 6.98. The zero-order valence-electron chi connectivity index (χ0n) is 22.2. The Morgan fingerprint density at radius 3 is 2.62 bits per heavy atom. The molecule has 200 valence electrons. The first-order valence-corrected chi connectivity index (χ1v) is 15.7. The molecule has 4 aliphatic rings. The number of carbonyl (C=O) groups is 1. The molecule has 0 aromatic heterocycles. The molecule has 0 bridgehead atoms. The third-order valence-electron chi connectivity index (χ3n) is 9.27. The van der Waals surface area contributed by atoms with Gasteiger partial charge in [-0.2, -0.15) is 0 Å². The minimum Gasteiger partial charge on any atom is -0.380 e. The molecule has 5 rings (SSSR count). The molecule has 0 amide bonds. The Bertz CT molecular complexity index is 1270. The molecule has 37 heavy (non-hydrogen) atoms. The quantitative estimate of drug-likeness (QED) is 0.502. The smallest absolute Gasteiger partial charge is 0.214 e. The maximum absolute atomic E-state index is 13.6. The number of nitrogens with one attached hydrogen (secondary N) is 1. The van der Waals surface area contributed by atoms with Gasteiger partial charge in [-0.1, -0.05) is 56.5 Å². The van der Waals surface area contributed by atoms with Crippen molar-refractivity contribution in [1.82, 2.24) is 9.62 Å². The first-order chi connectivity index (χ1) is 17.6. The van der Waals surface area contributed by atoms with E-state index in [0.29, 0.717) is 32.4 Å². The van der Waals surface area contributed by atoms with Gasteiger partial charge in [0.25, 0.3) is 0 Å². The van der Waals surface area contributed by atoms with E-state index in [2.05, 4.69) is 50.4 Å². The summed E-state index contributed by atoms with van der Waals surface area (Å²) in [6, 6.07) is 6.28. The number of Topliss-reactive ketones (excluding diaryl/α,β-unsaturated/α-hetero) is 1. The molecule has 1 saturated carbocycles. The highest BCUT2D eigenvalue weighted by Gasteiger charge is 2.50. The van der Waals surface area contributed by atoms with Crippen LogP contribution in [0, 0.1) is 17.3 Å². The average molecular weight is 543 g/mol. The van der Waals surface area contributed by atoms with Crippen molar-refractivity contribution in [2.75, 3.05) is 18.8 Å². The van der Waals surface area contributed by atoms with E-state index in [1.807, 2.05) is 12.3 Å². The number of allylic oxidation sites excluding steroid dienone is 2. The van der Waals surface area contributed by atoms with E-state index in [9.17, 15) is 13.2 Å². The second-order valence-electron chi connectivity index (χ2n) is 11.7. The van der Waals surface area contributed by atoms with Crippen LogP contribution in [-0.4, -0.2) is 43.4 Å². The van der Waals surface area contributed by atoms with E-state index in [1.165, 1.54) is 27.8 Å². The number of hydrogen-bond donors (Lipinski definition) is 1. The lowest BCUT2D eigenvalue weighted by Gasteiger charge is -2.35. The Balaban J connectivity index is 1.38. The van der Waals surface area contributed by atoms with Gasteiger partial charge >= 0.3 is 0 Å².